The average molecular weight is 307 g/mol. The van der Waals surface area contributed by atoms with Gasteiger partial charge in [0.25, 0.3) is 0 Å². The van der Waals surface area contributed by atoms with Gasteiger partial charge in [-0.2, -0.15) is 0 Å². The van der Waals surface area contributed by atoms with Crippen LogP contribution in [-0.4, -0.2) is 49.2 Å². The number of hydrogen-bond acceptors (Lipinski definition) is 4. The third kappa shape index (κ3) is 14.1. The average Bonchev–Trinajstić information content (AvgIpc) is 3.00. The van der Waals surface area contributed by atoms with Crippen LogP contribution in [-0.2, 0) is 16.6 Å². The van der Waals surface area contributed by atoms with Gasteiger partial charge in [-0.05, 0) is 21.1 Å². The maximum atomic E-state index is 8.00. The van der Waals surface area contributed by atoms with E-state index >= 15 is 0 Å². The van der Waals surface area contributed by atoms with Crippen molar-refractivity contribution in [2.75, 3.05) is 21.1 Å². The maximum Gasteiger partial charge on any atom is 0.106 e. The highest BCUT2D eigenvalue weighted by molar-refractivity contribution is 5.57. The molecule has 2 aromatic rings. The van der Waals surface area contributed by atoms with Crippen molar-refractivity contribution in [1.29, 1.82) is 0 Å². The zero-order chi connectivity index (χ0) is 18.0. The Bertz CT molecular complexity index is 437. The van der Waals surface area contributed by atoms with Gasteiger partial charge in [-0.15, -0.1) is 0 Å². The van der Waals surface area contributed by atoms with Crippen LogP contribution < -0.4 is 0 Å². The van der Waals surface area contributed by atoms with E-state index in [1.54, 1.807) is 0 Å². The van der Waals surface area contributed by atoms with Crippen molar-refractivity contribution in [3.63, 3.8) is 0 Å². The Labute approximate surface area is 134 Å². The first-order chi connectivity index (χ1) is 10.6. The molecule has 2 rings (SSSR count). The first-order valence-electron chi connectivity index (χ1n) is 6.81. The molecule has 0 N–H and O–H groups in total. The number of aryl methyl sites for hydroxylation is 1. The first-order valence-corrected chi connectivity index (χ1v) is 6.81. The van der Waals surface area contributed by atoms with Crippen LogP contribution in [0.5, 0.6) is 0 Å². The topological polar surface area (TPSA) is 55.2 Å². The van der Waals surface area contributed by atoms with E-state index in [4.69, 9.17) is 9.59 Å². The van der Waals surface area contributed by atoms with Gasteiger partial charge in [0.1, 0.15) is 13.6 Å². The molecule has 0 spiro atoms. The summed E-state index contributed by atoms with van der Waals surface area (Å²) < 4.78 is 1.95. The molecule has 22 heavy (non-hydrogen) atoms. The van der Waals surface area contributed by atoms with Gasteiger partial charge >= 0.3 is 0 Å². The summed E-state index contributed by atoms with van der Waals surface area (Å²) in [5.74, 6) is 0. The highest BCUT2D eigenvalue weighted by Crippen LogP contribution is 2.14. The molecule has 0 saturated carbocycles. The van der Waals surface area contributed by atoms with E-state index in [9.17, 15) is 0 Å². The summed E-state index contributed by atoms with van der Waals surface area (Å²) >= 11 is 0. The number of imidazole rings is 1. The normalized spacial score (nSPS) is 7.77. The summed E-state index contributed by atoms with van der Waals surface area (Å²) in [6.07, 6.45) is 3.82. The van der Waals surface area contributed by atoms with E-state index in [0.29, 0.717) is 0 Å². The standard InChI is InChI=1S/C10H10N2.C3H9N.C2H6.2CH2O/c1-12-7-10(11-8-12)9-5-3-2-4-6-9;1-4(2)3;3*1-2/h2-8H,1H3;1-3H3;1-2H3;2*1H2. The van der Waals surface area contributed by atoms with Crippen LogP contribution in [0, 0.1) is 0 Å². The molecular weight excluding hydrogens is 278 g/mol. The Morgan fingerprint density at radius 1 is 0.955 bits per heavy atom. The molecular formula is C17H29N3O2. The van der Waals surface area contributed by atoms with E-state index in [2.05, 4.69) is 17.1 Å². The van der Waals surface area contributed by atoms with Crippen LogP contribution in [0.4, 0.5) is 0 Å². The molecule has 0 bridgehead atoms. The molecule has 1 heterocycles. The van der Waals surface area contributed by atoms with Gasteiger partial charge in [0.15, 0.2) is 0 Å². The number of carbonyl (C=O) groups excluding carboxylic acids is 2. The molecule has 5 nitrogen and oxygen atoms in total. The number of nitrogens with zero attached hydrogens (tertiary/aromatic N) is 3. The summed E-state index contributed by atoms with van der Waals surface area (Å²) in [5, 5.41) is 0. The summed E-state index contributed by atoms with van der Waals surface area (Å²) in [6, 6.07) is 10.2. The highest BCUT2D eigenvalue weighted by Gasteiger charge is 1.97. The second-order valence-electron chi connectivity index (χ2n) is 4.13. The minimum absolute atomic E-state index is 1.03. The molecule has 5 heteroatoms. The minimum Gasteiger partial charge on any atom is -0.340 e. The summed E-state index contributed by atoms with van der Waals surface area (Å²) in [4.78, 5) is 22.2. The Balaban J connectivity index is -0.000000307. The second-order valence-corrected chi connectivity index (χ2v) is 4.13. The predicted octanol–water partition coefficient (Wildman–Crippen LogP) is 2.92. The fourth-order valence-electron chi connectivity index (χ4n) is 1.17. The number of benzene rings is 1. The Morgan fingerprint density at radius 3 is 1.68 bits per heavy atom. The van der Waals surface area contributed by atoms with Gasteiger partial charge in [-0.1, -0.05) is 44.2 Å². The Hall–Kier alpha value is -2.27. The van der Waals surface area contributed by atoms with Gasteiger partial charge in [0, 0.05) is 18.8 Å². The molecule has 1 aromatic carbocycles. The van der Waals surface area contributed by atoms with Crippen molar-refractivity contribution >= 4 is 13.6 Å². The zero-order valence-corrected chi connectivity index (χ0v) is 14.6. The lowest BCUT2D eigenvalue weighted by Gasteiger charge is -1.92. The number of hydrogen-bond donors (Lipinski definition) is 0. The van der Waals surface area contributed by atoms with Gasteiger partial charge < -0.3 is 19.1 Å². The molecule has 124 valence electrons. The molecule has 0 fully saturated rings. The van der Waals surface area contributed by atoms with Crippen molar-refractivity contribution in [3.05, 3.63) is 42.9 Å². The van der Waals surface area contributed by atoms with Crippen LogP contribution in [0.3, 0.4) is 0 Å². The zero-order valence-electron chi connectivity index (χ0n) is 14.6. The fraction of sp³-hybridized carbons (Fsp3) is 0.353. The van der Waals surface area contributed by atoms with Gasteiger partial charge in [0.05, 0.1) is 12.0 Å². The lowest BCUT2D eigenvalue weighted by Crippen LogP contribution is -1.99. The molecule has 0 aliphatic carbocycles. The quantitative estimate of drug-likeness (QED) is 0.813. The molecule has 0 saturated heterocycles. The Kier molecular flexibility index (Phi) is 21.1. The monoisotopic (exact) mass is 307 g/mol. The predicted molar refractivity (Wildman–Crippen MR) is 93.8 cm³/mol. The van der Waals surface area contributed by atoms with Crippen LogP contribution in [0.1, 0.15) is 13.8 Å². The van der Waals surface area contributed by atoms with E-state index < -0.39 is 0 Å². The SMILES string of the molecule is C=O.C=O.CC.CN(C)C.Cn1cnc(-c2ccccc2)c1. The molecule has 0 aliphatic rings. The fourth-order valence-corrected chi connectivity index (χ4v) is 1.17. The van der Waals surface area contributed by atoms with Crippen molar-refractivity contribution in [2.24, 2.45) is 7.05 Å². The second kappa shape index (κ2) is 18.7. The molecule has 0 unspecified atom stereocenters. The van der Waals surface area contributed by atoms with Crippen LogP contribution in [0.25, 0.3) is 11.3 Å². The van der Waals surface area contributed by atoms with Gasteiger partial charge in [-0.3, -0.25) is 0 Å². The van der Waals surface area contributed by atoms with E-state index in [1.807, 2.05) is 95.8 Å². The maximum absolute atomic E-state index is 8.00. The number of aromatic nitrogens is 2. The third-order valence-electron chi connectivity index (χ3n) is 1.77. The van der Waals surface area contributed by atoms with Gasteiger partial charge in [0.2, 0.25) is 0 Å². The van der Waals surface area contributed by atoms with Crippen molar-refractivity contribution in [2.45, 2.75) is 13.8 Å². The number of carbonyl (C=O) groups is 2. The summed E-state index contributed by atoms with van der Waals surface area (Å²) in [7, 11) is 7.97. The third-order valence-corrected chi connectivity index (χ3v) is 1.77. The lowest BCUT2D eigenvalue weighted by molar-refractivity contribution is -0.0987. The number of rotatable bonds is 1. The van der Waals surface area contributed by atoms with Crippen molar-refractivity contribution in [1.82, 2.24) is 14.5 Å². The largest absolute Gasteiger partial charge is 0.340 e. The van der Waals surface area contributed by atoms with E-state index in [0.717, 1.165) is 11.3 Å². The molecule has 0 atom stereocenters. The molecule has 1 aromatic heterocycles. The minimum atomic E-state index is 1.03. The molecule has 0 amide bonds. The smallest absolute Gasteiger partial charge is 0.106 e. The van der Waals surface area contributed by atoms with E-state index in [-0.39, 0.29) is 0 Å². The summed E-state index contributed by atoms with van der Waals surface area (Å²) in [5.41, 5.74) is 2.19. The molecule has 0 aliphatic heterocycles. The highest BCUT2D eigenvalue weighted by atomic mass is 16.1. The van der Waals surface area contributed by atoms with Crippen LogP contribution in [0.2, 0.25) is 0 Å². The first kappa shape index (κ1) is 24.7. The van der Waals surface area contributed by atoms with Gasteiger partial charge in [-0.25, -0.2) is 4.98 Å². The van der Waals surface area contributed by atoms with Crippen molar-refractivity contribution < 1.29 is 9.59 Å². The van der Waals surface area contributed by atoms with Crippen LogP contribution >= 0.6 is 0 Å². The van der Waals surface area contributed by atoms with Crippen LogP contribution in [0.15, 0.2) is 42.9 Å². The van der Waals surface area contributed by atoms with Crippen molar-refractivity contribution in [3.8, 4) is 11.3 Å². The lowest BCUT2D eigenvalue weighted by atomic mass is 10.2. The Morgan fingerprint density at radius 2 is 1.36 bits per heavy atom. The van der Waals surface area contributed by atoms with E-state index in [1.165, 1.54) is 0 Å². The summed E-state index contributed by atoms with van der Waals surface area (Å²) in [6.45, 7) is 8.00. The molecule has 0 radical (unpaired) electrons.